The largest absolute Gasteiger partial charge is 0.465 e. The number of hydrogen-bond donors (Lipinski definition) is 0. The van der Waals surface area contributed by atoms with Crippen molar-refractivity contribution in [2.45, 2.75) is 18.9 Å². The van der Waals surface area contributed by atoms with Crippen LogP contribution in [0.15, 0.2) is 60.7 Å². The van der Waals surface area contributed by atoms with Gasteiger partial charge in [0.25, 0.3) is 6.07 Å². The van der Waals surface area contributed by atoms with Gasteiger partial charge in [0.05, 0.1) is 6.61 Å². The first-order valence-electron chi connectivity index (χ1n) is 7.98. The van der Waals surface area contributed by atoms with Crippen molar-refractivity contribution in [2.24, 2.45) is 5.92 Å². The Hall–Kier alpha value is -2.93. The Morgan fingerprint density at radius 3 is 2.29 bits per heavy atom. The molecule has 0 amide bonds. The van der Waals surface area contributed by atoms with Gasteiger partial charge < -0.3 is 4.74 Å². The molecular weight excluding hydrogens is 302 g/mol. The predicted octanol–water partition coefficient (Wildman–Crippen LogP) is 3.55. The molecule has 3 atom stereocenters. The van der Waals surface area contributed by atoms with E-state index in [1.807, 2.05) is 48.5 Å². The molecule has 24 heavy (non-hydrogen) atoms. The number of carbonyl (C=O) groups is 2. The summed E-state index contributed by atoms with van der Waals surface area (Å²) in [5.74, 6) is -1.55. The summed E-state index contributed by atoms with van der Waals surface area (Å²) in [6, 6.07) is 20.7. The summed E-state index contributed by atoms with van der Waals surface area (Å²) in [6.07, 6.45) is 0. The zero-order chi connectivity index (χ0) is 16.9. The fraction of sp³-hybridized carbons (Fsp3) is 0.250. The van der Waals surface area contributed by atoms with Crippen LogP contribution in [0.3, 0.4) is 0 Å². The van der Waals surface area contributed by atoms with Gasteiger partial charge in [0, 0.05) is 5.56 Å². The van der Waals surface area contributed by atoms with E-state index in [4.69, 9.17) is 4.74 Å². The maximum Gasteiger partial charge on any atom is 0.342 e. The van der Waals surface area contributed by atoms with E-state index < -0.39 is 23.8 Å². The molecule has 0 aliphatic carbocycles. The molecule has 0 fully saturated rings. The molecule has 0 bridgehead atoms. The van der Waals surface area contributed by atoms with Crippen LogP contribution < -0.4 is 0 Å². The SMILES string of the molecule is CCOC(=O)C1C#[N+]C(C(=O)c2ccccc2)C1c1ccccc1. The van der Waals surface area contributed by atoms with Gasteiger partial charge >= 0.3 is 12.0 Å². The van der Waals surface area contributed by atoms with Crippen molar-refractivity contribution < 1.29 is 14.3 Å². The van der Waals surface area contributed by atoms with Gasteiger partial charge in [0.2, 0.25) is 11.7 Å². The molecular formula is C20H18NO3+. The fourth-order valence-electron chi connectivity index (χ4n) is 2.98. The number of ether oxygens (including phenoxy) is 1. The molecule has 1 aliphatic heterocycles. The second-order valence-electron chi connectivity index (χ2n) is 5.60. The lowest BCUT2D eigenvalue weighted by Crippen LogP contribution is -2.31. The summed E-state index contributed by atoms with van der Waals surface area (Å²) in [7, 11) is 0. The molecule has 0 spiro atoms. The van der Waals surface area contributed by atoms with E-state index in [0.29, 0.717) is 5.56 Å². The molecule has 0 aromatic heterocycles. The Bertz CT molecular complexity index is 790. The number of carbonyl (C=O) groups excluding carboxylic acids is 2. The minimum absolute atomic E-state index is 0.108. The molecule has 4 nitrogen and oxygen atoms in total. The third-order valence-corrected chi connectivity index (χ3v) is 4.10. The highest BCUT2D eigenvalue weighted by atomic mass is 16.5. The van der Waals surface area contributed by atoms with Crippen molar-refractivity contribution in [1.82, 2.24) is 0 Å². The van der Waals surface area contributed by atoms with E-state index in [9.17, 15) is 9.59 Å². The summed E-state index contributed by atoms with van der Waals surface area (Å²) >= 11 is 0. The standard InChI is InChI=1S/C20H18NO3/c1-2-24-20(23)16-13-21-18(17(16)14-9-5-3-6-10-14)19(22)15-11-7-4-8-12-15/h3-12,16-18H,2H2,1H3/q+1. The third-order valence-electron chi connectivity index (χ3n) is 4.10. The van der Waals surface area contributed by atoms with Crippen LogP contribution in [0.2, 0.25) is 0 Å². The minimum atomic E-state index is -0.663. The van der Waals surface area contributed by atoms with Crippen LogP contribution in [0.1, 0.15) is 28.8 Å². The molecule has 3 rings (SSSR count). The van der Waals surface area contributed by atoms with E-state index in [2.05, 4.69) is 10.9 Å². The second kappa shape index (κ2) is 7.10. The number of Topliss-reactive ketones (excluding diaryl/α,β-unsaturated/α-hetero) is 1. The van der Waals surface area contributed by atoms with Gasteiger partial charge in [-0.05, 0) is 12.5 Å². The Balaban J connectivity index is 1.95. The molecule has 2 aromatic carbocycles. The minimum Gasteiger partial charge on any atom is -0.465 e. The topological polar surface area (TPSA) is 47.7 Å². The normalized spacial score (nSPS) is 21.6. The summed E-state index contributed by atoms with van der Waals surface area (Å²) in [5, 5.41) is 0. The van der Waals surface area contributed by atoms with Gasteiger partial charge in [-0.2, -0.15) is 0 Å². The molecule has 3 unspecified atom stereocenters. The van der Waals surface area contributed by atoms with Crippen LogP contribution in [0.4, 0.5) is 0 Å². The fourth-order valence-corrected chi connectivity index (χ4v) is 2.98. The predicted molar refractivity (Wildman–Crippen MR) is 91.1 cm³/mol. The van der Waals surface area contributed by atoms with Crippen molar-refractivity contribution >= 4 is 11.8 Å². The van der Waals surface area contributed by atoms with Crippen LogP contribution in [-0.2, 0) is 9.53 Å². The summed E-state index contributed by atoms with van der Waals surface area (Å²) in [6.45, 7) is 2.05. The lowest BCUT2D eigenvalue weighted by Gasteiger charge is -2.15. The average molecular weight is 320 g/mol. The van der Waals surface area contributed by atoms with Gasteiger partial charge in [-0.1, -0.05) is 65.5 Å². The Morgan fingerprint density at radius 2 is 1.67 bits per heavy atom. The van der Waals surface area contributed by atoms with Crippen LogP contribution in [-0.4, -0.2) is 24.4 Å². The van der Waals surface area contributed by atoms with Gasteiger partial charge in [-0.25, -0.2) is 0 Å². The monoisotopic (exact) mass is 320 g/mol. The van der Waals surface area contributed by atoms with E-state index in [-0.39, 0.29) is 12.4 Å². The lowest BCUT2D eigenvalue weighted by atomic mass is 9.80. The highest BCUT2D eigenvalue weighted by molar-refractivity contribution is 6.03. The highest BCUT2D eigenvalue weighted by Gasteiger charge is 2.52. The number of nitrogens with zero attached hydrogens (tertiary/aromatic N) is 1. The third kappa shape index (κ3) is 3.07. The number of ketones is 1. The molecule has 2 aromatic rings. The number of benzene rings is 2. The first kappa shape index (κ1) is 15.9. The smallest absolute Gasteiger partial charge is 0.342 e. The molecule has 4 heteroatoms. The highest BCUT2D eigenvalue weighted by Crippen LogP contribution is 2.36. The quantitative estimate of drug-likeness (QED) is 0.625. The second-order valence-corrected chi connectivity index (χ2v) is 5.60. The van der Waals surface area contributed by atoms with Crippen molar-refractivity contribution in [3.63, 3.8) is 0 Å². The van der Waals surface area contributed by atoms with Gasteiger partial charge in [0.1, 0.15) is 5.92 Å². The van der Waals surface area contributed by atoms with Crippen LogP contribution in [0.25, 0.3) is 4.85 Å². The van der Waals surface area contributed by atoms with Crippen molar-refractivity contribution in [1.29, 1.82) is 0 Å². The van der Waals surface area contributed by atoms with Gasteiger partial charge in [0.15, 0.2) is 0 Å². The van der Waals surface area contributed by atoms with E-state index in [0.717, 1.165) is 5.56 Å². The zero-order valence-electron chi connectivity index (χ0n) is 13.4. The van der Waals surface area contributed by atoms with Gasteiger partial charge in [-0.3, -0.25) is 9.59 Å². The van der Waals surface area contributed by atoms with E-state index in [1.54, 1.807) is 19.1 Å². The average Bonchev–Trinajstić information content (AvgIpc) is 3.08. The molecule has 0 radical (unpaired) electrons. The van der Waals surface area contributed by atoms with Crippen molar-refractivity contribution in [3.05, 3.63) is 76.6 Å². The maximum absolute atomic E-state index is 12.9. The van der Waals surface area contributed by atoms with Crippen LogP contribution >= 0.6 is 0 Å². The summed E-state index contributed by atoms with van der Waals surface area (Å²) in [4.78, 5) is 29.4. The molecule has 0 N–H and O–H groups in total. The van der Waals surface area contributed by atoms with Crippen LogP contribution in [0.5, 0.6) is 0 Å². The first-order chi connectivity index (χ1) is 11.7. The first-order valence-corrected chi connectivity index (χ1v) is 7.98. The molecule has 0 saturated carbocycles. The van der Waals surface area contributed by atoms with E-state index in [1.165, 1.54) is 0 Å². The Morgan fingerprint density at radius 1 is 1.04 bits per heavy atom. The molecule has 1 heterocycles. The van der Waals surface area contributed by atoms with Gasteiger partial charge in [-0.15, -0.1) is 0 Å². The van der Waals surface area contributed by atoms with Crippen molar-refractivity contribution in [2.75, 3.05) is 6.61 Å². The van der Waals surface area contributed by atoms with Crippen molar-refractivity contribution in [3.8, 4) is 6.07 Å². The zero-order valence-corrected chi connectivity index (χ0v) is 13.4. The molecule has 1 aliphatic rings. The maximum atomic E-state index is 12.9. The summed E-state index contributed by atoms with van der Waals surface area (Å²) < 4.78 is 5.14. The van der Waals surface area contributed by atoms with E-state index >= 15 is 0 Å². The Labute approximate surface area is 140 Å². The number of rotatable bonds is 5. The summed E-state index contributed by atoms with van der Waals surface area (Å²) in [5.41, 5.74) is 1.47. The Kier molecular flexibility index (Phi) is 4.72. The molecule has 120 valence electrons. The van der Waals surface area contributed by atoms with Crippen LogP contribution in [0, 0.1) is 12.0 Å². The lowest BCUT2D eigenvalue weighted by molar-refractivity contribution is -0.146. The number of esters is 1. The molecule has 0 saturated heterocycles. The number of hydrogen-bond acceptors (Lipinski definition) is 3.